The van der Waals surface area contributed by atoms with Crippen molar-refractivity contribution < 1.29 is 18.3 Å². The summed E-state index contributed by atoms with van der Waals surface area (Å²) in [6, 6.07) is -0.250. The molecule has 0 saturated carbocycles. The first kappa shape index (κ1) is 12.8. The molecule has 0 aromatic heterocycles. The van der Waals surface area contributed by atoms with Gasteiger partial charge in [0.15, 0.2) is 9.84 Å². The van der Waals surface area contributed by atoms with Gasteiger partial charge in [-0.1, -0.05) is 0 Å². The Kier molecular flexibility index (Phi) is 3.70. The van der Waals surface area contributed by atoms with Crippen molar-refractivity contribution >= 4 is 15.7 Å². The summed E-state index contributed by atoms with van der Waals surface area (Å²) in [5.41, 5.74) is 0. The lowest BCUT2D eigenvalue weighted by atomic mass is 10.0. The molecule has 2 fully saturated rings. The minimum absolute atomic E-state index is 0.0279. The van der Waals surface area contributed by atoms with Crippen LogP contribution in [0.4, 0.5) is 0 Å². The van der Waals surface area contributed by atoms with Gasteiger partial charge in [0.05, 0.1) is 24.0 Å². The van der Waals surface area contributed by atoms with Crippen LogP contribution in [0.25, 0.3) is 0 Å². The van der Waals surface area contributed by atoms with Crippen LogP contribution in [-0.4, -0.2) is 68.1 Å². The van der Waals surface area contributed by atoms with Crippen molar-refractivity contribution in [2.75, 3.05) is 37.7 Å². The van der Waals surface area contributed by atoms with Crippen LogP contribution in [0.1, 0.15) is 6.42 Å². The van der Waals surface area contributed by atoms with E-state index < -0.39 is 9.84 Å². The van der Waals surface area contributed by atoms with E-state index in [1.165, 1.54) is 0 Å². The molecule has 2 N–H and O–H groups in total. The lowest BCUT2D eigenvalue weighted by Crippen LogP contribution is -2.55. The molecule has 0 bridgehead atoms. The first-order chi connectivity index (χ1) is 8.03. The second-order valence-corrected chi connectivity index (χ2v) is 6.90. The van der Waals surface area contributed by atoms with Crippen LogP contribution in [0.3, 0.4) is 0 Å². The van der Waals surface area contributed by atoms with E-state index in [4.69, 9.17) is 5.11 Å². The topological polar surface area (TPSA) is 86.7 Å². The summed E-state index contributed by atoms with van der Waals surface area (Å²) < 4.78 is 22.8. The summed E-state index contributed by atoms with van der Waals surface area (Å²) in [5, 5.41) is 12.0. The van der Waals surface area contributed by atoms with Gasteiger partial charge in [0.1, 0.15) is 0 Å². The highest BCUT2D eigenvalue weighted by Gasteiger charge is 2.38. The molecule has 98 valence electrons. The van der Waals surface area contributed by atoms with E-state index in [2.05, 4.69) is 5.32 Å². The molecule has 2 rings (SSSR count). The van der Waals surface area contributed by atoms with Gasteiger partial charge in [-0.3, -0.25) is 4.79 Å². The molecular formula is C10H18N2O4S. The SMILES string of the molecule is O=C(C1CNC1)N(CCO)C1CCS(=O)(=O)C1. The van der Waals surface area contributed by atoms with E-state index in [0.29, 0.717) is 19.5 Å². The first-order valence-electron chi connectivity index (χ1n) is 5.86. The van der Waals surface area contributed by atoms with Gasteiger partial charge in [-0.25, -0.2) is 8.42 Å². The monoisotopic (exact) mass is 262 g/mol. The standard InChI is InChI=1S/C10H18N2O4S/c13-3-2-12(10(14)8-5-11-6-8)9-1-4-17(15,16)7-9/h8-9,11,13H,1-7H2. The number of carbonyl (C=O) groups is 1. The predicted octanol–water partition coefficient (Wildman–Crippen LogP) is -1.79. The number of amides is 1. The fraction of sp³-hybridized carbons (Fsp3) is 0.900. The number of rotatable bonds is 4. The zero-order valence-electron chi connectivity index (χ0n) is 9.63. The Morgan fingerprint density at radius 3 is 2.53 bits per heavy atom. The van der Waals surface area contributed by atoms with Crippen LogP contribution in [0, 0.1) is 5.92 Å². The van der Waals surface area contributed by atoms with E-state index in [1.807, 2.05) is 0 Å². The van der Waals surface area contributed by atoms with Gasteiger partial charge in [0.25, 0.3) is 0 Å². The Morgan fingerprint density at radius 2 is 2.12 bits per heavy atom. The van der Waals surface area contributed by atoms with Crippen molar-refractivity contribution in [3.8, 4) is 0 Å². The number of carbonyl (C=O) groups excluding carboxylic acids is 1. The highest BCUT2D eigenvalue weighted by molar-refractivity contribution is 7.91. The van der Waals surface area contributed by atoms with Gasteiger partial charge < -0.3 is 15.3 Å². The van der Waals surface area contributed by atoms with Crippen molar-refractivity contribution in [2.24, 2.45) is 5.92 Å². The van der Waals surface area contributed by atoms with Crippen molar-refractivity contribution in [1.82, 2.24) is 10.2 Å². The van der Waals surface area contributed by atoms with Crippen molar-refractivity contribution in [1.29, 1.82) is 0 Å². The second kappa shape index (κ2) is 4.91. The molecule has 17 heavy (non-hydrogen) atoms. The normalized spacial score (nSPS) is 27.7. The van der Waals surface area contributed by atoms with Crippen molar-refractivity contribution in [3.63, 3.8) is 0 Å². The average molecular weight is 262 g/mol. The van der Waals surface area contributed by atoms with Gasteiger partial charge >= 0.3 is 0 Å². The van der Waals surface area contributed by atoms with Crippen LogP contribution in [-0.2, 0) is 14.6 Å². The molecule has 0 aromatic carbocycles. The van der Waals surface area contributed by atoms with Crippen LogP contribution in [0.2, 0.25) is 0 Å². The quantitative estimate of drug-likeness (QED) is 0.625. The van der Waals surface area contributed by atoms with E-state index in [1.54, 1.807) is 4.90 Å². The van der Waals surface area contributed by atoms with Crippen LogP contribution in [0.15, 0.2) is 0 Å². The minimum Gasteiger partial charge on any atom is -0.395 e. The Bertz CT molecular complexity index is 391. The van der Waals surface area contributed by atoms with Crippen molar-refractivity contribution in [3.05, 3.63) is 0 Å². The molecule has 1 unspecified atom stereocenters. The van der Waals surface area contributed by atoms with Crippen molar-refractivity contribution in [2.45, 2.75) is 12.5 Å². The Hall–Kier alpha value is -0.660. The summed E-state index contributed by atoms with van der Waals surface area (Å²) in [7, 11) is -3.00. The summed E-state index contributed by atoms with van der Waals surface area (Å²) in [6.07, 6.45) is 0.494. The summed E-state index contributed by atoms with van der Waals surface area (Å²) >= 11 is 0. The van der Waals surface area contributed by atoms with Crippen LogP contribution >= 0.6 is 0 Å². The summed E-state index contributed by atoms with van der Waals surface area (Å²) in [5.74, 6) is 0.110. The highest BCUT2D eigenvalue weighted by Crippen LogP contribution is 2.20. The molecule has 1 atom stereocenters. The second-order valence-electron chi connectivity index (χ2n) is 4.67. The molecule has 0 spiro atoms. The Labute approximate surface area is 101 Å². The summed E-state index contributed by atoms with van der Waals surface area (Å²) in [6.45, 7) is 1.42. The maximum atomic E-state index is 12.1. The van der Waals surface area contributed by atoms with Gasteiger partial charge in [-0.05, 0) is 6.42 Å². The summed E-state index contributed by atoms with van der Waals surface area (Å²) in [4.78, 5) is 13.6. The fourth-order valence-corrected chi connectivity index (χ4v) is 4.03. The zero-order valence-corrected chi connectivity index (χ0v) is 10.4. The number of aliphatic hydroxyl groups excluding tert-OH is 1. The number of sulfone groups is 1. The fourth-order valence-electron chi connectivity index (χ4n) is 2.30. The van der Waals surface area contributed by atoms with E-state index in [-0.39, 0.29) is 42.5 Å². The molecule has 7 heteroatoms. The number of nitrogens with one attached hydrogen (secondary N) is 1. The van der Waals surface area contributed by atoms with E-state index in [9.17, 15) is 13.2 Å². The number of aliphatic hydroxyl groups is 1. The predicted molar refractivity (Wildman–Crippen MR) is 62.2 cm³/mol. The maximum absolute atomic E-state index is 12.1. The molecule has 2 heterocycles. The largest absolute Gasteiger partial charge is 0.395 e. The van der Waals surface area contributed by atoms with Gasteiger partial charge in [-0.15, -0.1) is 0 Å². The lowest BCUT2D eigenvalue weighted by molar-refractivity contribution is -0.139. The third-order valence-electron chi connectivity index (χ3n) is 3.40. The molecular weight excluding hydrogens is 244 g/mol. The number of nitrogens with zero attached hydrogens (tertiary/aromatic N) is 1. The number of hydrogen-bond donors (Lipinski definition) is 2. The third-order valence-corrected chi connectivity index (χ3v) is 5.15. The maximum Gasteiger partial charge on any atom is 0.228 e. The smallest absolute Gasteiger partial charge is 0.228 e. The molecule has 0 aliphatic carbocycles. The average Bonchev–Trinajstić information content (AvgIpc) is 2.52. The van der Waals surface area contributed by atoms with Crippen LogP contribution < -0.4 is 5.32 Å². The first-order valence-corrected chi connectivity index (χ1v) is 7.68. The molecule has 2 saturated heterocycles. The third kappa shape index (κ3) is 2.78. The Balaban J connectivity index is 2.04. The Morgan fingerprint density at radius 1 is 1.41 bits per heavy atom. The van der Waals surface area contributed by atoms with E-state index >= 15 is 0 Å². The van der Waals surface area contributed by atoms with Gasteiger partial charge in [0.2, 0.25) is 5.91 Å². The minimum atomic E-state index is -3.00. The van der Waals surface area contributed by atoms with Crippen LogP contribution in [0.5, 0.6) is 0 Å². The molecule has 6 nitrogen and oxygen atoms in total. The molecule has 2 aliphatic rings. The molecule has 1 amide bonds. The lowest BCUT2D eigenvalue weighted by Gasteiger charge is -2.35. The zero-order chi connectivity index (χ0) is 12.5. The van der Waals surface area contributed by atoms with E-state index in [0.717, 1.165) is 0 Å². The number of hydrogen-bond acceptors (Lipinski definition) is 5. The molecule has 0 aromatic rings. The highest BCUT2D eigenvalue weighted by atomic mass is 32.2. The molecule has 0 radical (unpaired) electrons. The molecule has 2 aliphatic heterocycles. The van der Waals surface area contributed by atoms with Gasteiger partial charge in [-0.2, -0.15) is 0 Å². The van der Waals surface area contributed by atoms with Gasteiger partial charge in [0, 0.05) is 25.7 Å².